The summed E-state index contributed by atoms with van der Waals surface area (Å²) in [6.45, 7) is 2.27. The Bertz CT molecular complexity index is 1570. The molecule has 1 heterocycles. The predicted octanol–water partition coefficient (Wildman–Crippen LogP) is 2.13. The molecular weight excluding hydrogens is 674 g/mol. The normalized spacial score (nSPS) is 17.4. The number of ether oxygens (including phenoxy) is 2. The number of para-hydroxylation sites is 1. The molecule has 0 bridgehead atoms. The van der Waals surface area contributed by atoms with Gasteiger partial charge in [-0.05, 0) is 91.3 Å². The van der Waals surface area contributed by atoms with Gasteiger partial charge >= 0.3 is 0 Å². The van der Waals surface area contributed by atoms with Gasteiger partial charge in [0, 0.05) is 48.0 Å². The number of amides is 1. The van der Waals surface area contributed by atoms with Crippen LogP contribution in [0.2, 0.25) is 0 Å². The van der Waals surface area contributed by atoms with Crippen molar-refractivity contribution in [3.8, 4) is 16.9 Å². The Balaban J connectivity index is 1.19. The summed E-state index contributed by atoms with van der Waals surface area (Å²) < 4.78 is 11.6. The maximum absolute atomic E-state index is 13.1. The number of aryl methyl sites for hydroxylation is 1. The van der Waals surface area contributed by atoms with Crippen LogP contribution in [0.4, 0.5) is 0 Å². The lowest BCUT2D eigenvalue weighted by Gasteiger charge is -2.30. The van der Waals surface area contributed by atoms with E-state index in [4.69, 9.17) is 19.7 Å². The van der Waals surface area contributed by atoms with Crippen molar-refractivity contribution >= 4 is 17.7 Å². The van der Waals surface area contributed by atoms with E-state index in [0.29, 0.717) is 24.8 Å². The third kappa shape index (κ3) is 10.5. The molecule has 2 saturated carbocycles. The molecule has 3 aromatic rings. The highest BCUT2D eigenvalue weighted by Crippen LogP contribution is 2.50. The van der Waals surface area contributed by atoms with Crippen molar-refractivity contribution in [3.63, 3.8) is 0 Å². The lowest BCUT2D eigenvalue weighted by atomic mass is 9.94. The summed E-state index contributed by atoms with van der Waals surface area (Å²) >= 11 is 1.65. The first kappa shape index (κ1) is 39.1. The zero-order chi connectivity index (χ0) is 36.4. The molecule has 0 saturated heterocycles. The first-order valence-electron chi connectivity index (χ1n) is 17.7. The van der Waals surface area contributed by atoms with Crippen LogP contribution in [0.15, 0.2) is 65.8 Å². The first-order valence-corrected chi connectivity index (χ1v) is 18.6. The van der Waals surface area contributed by atoms with E-state index in [1.807, 2.05) is 30.6 Å². The minimum atomic E-state index is -2.01. The van der Waals surface area contributed by atoms with E-state index in [0.717, 1.165) is 47.5 Å². The average molecular weight is 726 g/mol. The Kier molecular flexibility index (Phi) is 14.3. The number of aliphatic hydroxyl groups is 6. The highest BCUT2D eigenvalue weighted by molar-refractivity contribution is 7.99. The summed E-state index contributed by atoms with van der Waals surface area (Å²) in [5, 5.41) is 62.3. The van der Waals surface area contributed by atoms with Gasteiger partial charge in [-0.25, -0.2) is 0 Å². The van der Waals surface area contributed by atoms with Gasteiger partial charge in [0.05, 0.1) is 32.5 Å². The second-order valence-corrected chi connectivity index (χ2v) is 14.5. The van der Waals surface area contributed by atoms with Crippen molar-refractivity contribution in [2.45, 2.75) is 86.5 Å². The molecule has 5 rings (SSSR count). The molecule has 2 aliphatic carbocycles. The highest BCUT2D eigenvalue weighted by Gasteiger charge is 2.46. The molecule has 4 unspecified atom stereocenters. The molecule has 1 amide bonds. The molecule has 7 N–H and O–H groups in total. The number of carbonyl (C=O) groups is 1. The van der Waals surface area contributed by atoms with Crippen LogP contribution < -0.4 is 10.1 Å². The largest absolute Gasteiger partial charge is 0.490 e. The fraction of sp³-hybridized carbons (Fsp3) is 0.526. The van der Waals surface area contributed by atoms with Crippen LogP contribution in [0.25, 0.3) is 11.1 Å². The van der Waals surface area contributed by atoms with Crippen molar-refractivity contribution in [1.82, 2.24) is 15.2 Å². The third-order valence-electron chi connectivity index (χ3n) is 9.42. The van der Waals surface area contributed by atoms with Crippen molar-refractivity contribution in [1.29, 1.82) is 0 Å². The molecule has 13 heteroatoms. The molecule has 0 radical (unpaired) electrons. The number of aliphatic hydroxyl groups excluding tert-OH is 6. The molecule has 4 atom stereocenters. The van der Waals surface area contributed by atoms with E-state index in [2.05, 4.69) is 47.6 Å². The van der Waals surface area contributed by atoms with Crippen molar-refractivity contribution in [2.24, 2.45) is 0 Å². The van der Waals surface area contributed by atoms with Crippen LogP contribution in [0.5, 0.6) is 5.75 Å². The van der Waals surface area contributed by atoms with Gasteiger partial charge in [-0.1, -0.05) is 24.3 Å². The van der Waals surface area contributed by atoms with E-state index >= 15 is 0 Å². The van der Waals surface area contributed by atoms with E-state index in [-0.39, 0.29) is 38.4 Å². The predicted molar refractivity (Wildman–Crippen MR) is 193 cm³/mol. The summed E-state index contributed by atoms with van der Waals surface area (Å²) in [7, 11) is 0. The summed E-state index contributed by atoms with van der Waals surface area (Å²) in [4.78, 5) is 20.0. The Morgan fingerprint density at radius 3 is 2.53 bits per heavy atom. The Morgan fingerprint density at radius 1 is 1.02 bits per heavy atom. The number of aromatic nitrogens is 1. The highest BCUT2D eigenvalue weighted by atomic mass is 32.2. The number of rotatable bonds is 22. The van der Waals surface area contributed by atoms with Crippen molar-refractivity contribution < 1.29 is 44.9 Å². The Labute approximate surface area is 303 Å². The van der Waals surface area contributed by atoms with Gasteiger partial charge in [0.1, 0.15) is 24.1 Å². The first-order chi connectivity index (χ1) is 24.7. The summed E-state index contributed by atoms with van der Waals surface area (Å²) in [6, 6.07) is 16.7. The smallest absolute Gasteiger partial charge is 0.254 e. The van der Waals surface area contributed by atoms with Gasteiger partial charge in [-0.3, -0.25) is 9.78 Å². The standard InChI is InChI=1S/C38H51N3O9S/c1-25-7-10-28(51-20-4-15-41(16-18-49-19-17-42)37(48)36(47)35(46)34(45)32(44)24-43)21-26(25)22-40-38(12-13-38)31-23-39-14-11-29(31)30-5-2-3-6-33(30)50-27-8-9-27/h2-3,5-7,10-11,14,21,23,27,32,34-36,40,42-47H,4,8-9,12-13,15-20,22,24H2,1H3. The van der Waals surface area contributed by atoms with E-state index < -0.39 is 36.9 Å². The van der Waals surface area contributed by atoms with Crippen LogP contribution in [0, 0.1) is 6.92 Å². The zero-order valence-electron chi connectivity index (χ0n) is 29.1. The number of thioether (sulfide) groups is 1. The third-order valence-corrected chi connectivity index (χ3v) is 10.5. The second kappa shape index (κ2) is 18.6. The number of nitrogens with zero attached hydrogens (tertiary/aromatic N) is 2. The van der Waals surface area contributed by atoms with Gasteiger partial charge in [-0.2, -0.15) is 0 Å². The quantitative estimate of drug-likeness (QED) is 0.0593. The second-order valence-electron chi connectivity index (χ2n) is 13.3. The molecule has 2 aromatic carbocycles. The Morgan fingerprint density at radius 2 is 1.80 bits per heavy atom. The Hall–Kier alpha value is -3.11. The number of hydrogen-bond donors (Lipinski definition) is 7. The number of hydrogen-bond acceptors (Lipinski definition) is 12. The van der Waals surface area contributed by atoms with Gasteiger partial charge < -0.3 is 50.3 Å². The van der Waals surface area contributed by atoms with E-state index in [9.17, 15) is 25.2 Å². The molecule has 51 heavy (non-hydrogen) atoms. The molecule has 1 aromatic heterocycles. The fourth-order valence-corrected chi connectivity index (χ4v) is 6.90. The molecular formula is C38H51N3O9S. The molecule has 2 fully saturated rings. The topological polar surface area (TPSA) is 185 Å². The van der Waals surface area contributed by atoms with Crippen LogP contribution in [-0.2, 0) is 21.6 Å². The van der Waals surface area contributed by atoms with Crippen LogP contribution >= 0.6 is 11.8 Å². The van der Waals surface area contributed by atoms with Crippen LogP contribution in [0.1, 0.15) is 48.8 Å². The van der Waals surface area contributed by atoms with Crippen LogP contribution in [0.3, 0.4) is 0 Å². The molecule has 2 aliphatic rings. The summed E-state index contributed by atoms with van der Waals surface area (Å²) in [6.07, 6.45) is 1.27. The van der Waals surface area contributed by atoms with Gasteiger partial charge in [0.2, 0.25) is 0 Å². The van der Waals surface area contributed by atoms with E-state index in [1.165, 1.54) is 21.6 Å². The summed E-state index contributed by atoms with van der Waals surface area (Å²) in [5.41, 5.74) is 5.60. The van der Waals surface area contributed by atoms with E-state index in [1.54, 1.807) is 11.8 Å². The fourth-order valence-electron chi connectivity index (χ4n) is 6.00. The zero-order valence-corrected chi connectivity index (χ0v) is 29.9. The molecule has 0 spiro atoms. The number of benzene rings is 2. The van der Waals surface area contributed by atoms with Gasteiger partial charge in [0.25, 0.3) is 5.91 Å². The maximum Gasteiger partial charge on any atom is 0.254 e. The molecule has 278 valence electrons. The number of nitrogens with one attached hydrogen (secondary N) is 1. The number of carbonyl (C=O) groups excluding carboxylic acids is 1. The van der Waals surface area contributed by atoms with Gasteiger partial charge in [0.15, 0.2) is 6.10 Å². The SMILES string of the molecule is Cc1ccc(SCCCN(CCOCCO)C(=O)C(O)C(O)C(O)C(O)CO)cc1CNC1(c2cnccc2-c2ccccc2OC2CC2)CC1. The van der Waals surface area contributed by atoms with Crippen molar-refractivity contribution in [3.05, 3.63) is 77.6 Å². The van der Waals surface area contributed by atoms with Gasteiger partial charge in [-0.15, -0.1) is 11.8 Å². The molecule has 12 nitrogen and oxygen atoms in total. The lowest BCUT2D eigenvalue weighted by molar-refractivity contribution is -0.159. The minimum absolute atomic E-state index is 0.0862. The molecule has 0 aliphatic heterocycles. The monoisotopic (exact) mass is 725 g/mol. The van der Waals surface area contributed by atoms with Crippen LogP contribution in [-0.4, -0.2) is 122 Å². The van der Waals surface area contributed by atoms with Crippen molar-refractivity contribution in [2.75, 3.05) is 45.3 Å². The lowest BCUT2D eigenvalue weighted by Crippen LogP contribution is -2.53. The maximum atomic E-state index is 13.1. The number of pyridine rings is 1. The average Bonchev–Trinajstić information content (AvgIpc) is 4.10. The summed E-state index contributed by atoms with van der Waals surface area (Å²) in [5.74, 6) is 0.738. The minimum Gasteiger partial charge on any atom is -0.490 e.